The van der Waals surface area contributed by atoms with Crippen LogP contribution in [0.2, 0.25) is 0 Å². The smallest absolute Gasteiger partial charge is 0.326 e. The van der Waals surface area contributed by atoms with E-state index in [-0.39, 0.29) is 13.0 Å². The molecule has 1 fully saturated rings. The van der Waals surface area contributed by atoms with Gasteiger partial charge in [0.25, 0.3) is 0 Å². The van der Waals surface area contributed by atoms with E-state index in [1.54, 1.807) is 18.2 Å². The summed E-state index contributed by atoms with van der Waals surface area (Å²) in [5, 5.41) is 21.2. The number of hydrogen-bond acceptors (Lipinski definition) is 3. The number of likely N-dealkylation sites (tertiary alicyclic amines) is 1. The lowest BCUT2D eigenvalue weighted by Crippen LogP contribution is -2.43. The zero-order chi connectivity index (χ0) is 14.9. The van der Waals surface area contributed by atoms with Gasteiger partial charge in [0.05, 0.1) is 11.8 Å². The van der Waals surface area contributed by atoms with Crippen molar-refractivity contribution in [1.82, 2.24) is 4.90 Å². The number of nitrogens with one attached hydrogen (secondary N) is 1. The van der Waals surface area contributed by atoms with Gasteiger partial charge in [-0.1, -0.05) is 15.9 Å². The molecule has 8 heteroatoms. The molecule has 3 N–H and O–H groups in total. The van der Waals surface area contributed by atoms with Crippen LogP contribution in [0, 0.1) is 0 Å². The number of nitrogens with zero attached hydrogens (tertiary/aromatic N) is 1. The van der Waals surface area contributed by atoms with Crippen LogP contribution in [0.5, 0.6) is 0 Å². The first-order chi connectivity index (χ1) is 9.38. The second kappa shape index (κ2) is 6.11. The van der Waals surface area contributed by atoms with Crippen LogP contribution in [0.1, 0.15) is 6.42 Å². The van der Waals surface area contributed by atoms with E-state index in [4.69, 9.17) is 5.11 Å². The molecular formula is C12H12Br2N2O4. The first-order valence-electron chi connectivity index (χ1n) is 5.82. The fourth-order valence-corrected chi connectivity index (χ4v) is 2.76. The van der Waals surface area contributed by atoms with Crippen molar-refractivity contribution in [2.75, 3.05) is 11.9 Å². The molecule has 1 saturated heterocycles. The highest BCUT2D eigenvalue weighted by Gasteiger charge is 2.39. The Hall–Kier alpha value is -1.12. The van der Waals surface area contributed by atoms with Gasteiger partial charge in [0, 0.05) is 21.9 Å². The van der Waals surface area contributed by atoms with Crippen LogP contribution in [0.4, 0.5) is 10.5 Å². The van der Waals surface area contributed by atoms with E-state index < -0.39 is 24.1 Å². The third-order valence-corrected chi connectivity index (χ3v) is 4.18. The first-order valence-corrected chi connectivity index (χ1v) is 7.40. The Labute approximate surface area is 132 Å². The number of carboxylic acids is 1. The maximum absolute atomic E-state index is 12.1. The number of amides is 2. The molecule has 1 aromatic carbocycles. The second-order valence-corrected chi connectivity index (χ2v) is 6.22. The lowest BCUT2D eigenvalue weighted by molar-refractivity contribution is -0.141. The summed E-state index contributed by atoms with van der Waals surface area (Å²) in [5.41, 5.74) is 0.523. The molecule has 0 bridgehead atoms. The summed E-state index contributed by atoms with van der Waals surface area (Å²) < 4.78 is 1.47. The van der Waals surface area contributed by atoms with Gasteiger partial charge in [0.2, 0.25) is 0 Å². The Morgan fingerprint density at radius 3 is 2.70 bits per heavy atom. The number of carbonyl (C=O) groups excluding carboxylic acids is 1. The molecule has 1 aliphatic heterocycles. The number of aliphatic hydroxyl groups is 1. The van der Waals surface area contributed by atoms with E-state index in [0.717, 1.165) is 9.37 Å². The third kappa shape index (κ3) is 3.31. The SMILES string of the molecule is O=C(O)[C@@H]1CC(O)CN1C(=O)Nc1cc(Br)ccc1Br. The van der Waals surface area contributed by atoms with Gasteiger partial charge >= 0.3 is 12.0 Å². The molecule has 0 saturated carbocycles. The maximum atomic E-state index is 12.1. The summed E-state index contributed by atoms with van der Waals surface area (Å²) in [5.74, 6) is -1.12. The summed E-state index contributed by atoms with van der Waals surface area (Å²) in [4.78, 5) is 24.4. The van der Waals surface area contributed by atoms with E-state index in [9.17, 15) is 14.7 Å². The summed E-state index contributed by atoms with van der Waals surface area (Å²) in [7, 11) is 0. The number of urea groups is 1. The van der Waals surface area contributed by atoms with Gasteiger partial charge in [-0.2, -0.15) is 0 Å². The molecule has 1 heterocycles. The minimum atomic E-state index is -1.12. The molecule has 0 spiro atoms. The summed E-state index contributed by atoms with van der Waals surface area (Å²) >= 11 is 6.60. The van der Waals surface area contributed by atoms with Crippen LogP contribution in [-0.4, -0.2) is 45.8 Å². The zero-order valence-electron chi connectivity index (χ0n) is 10.2. The molecule has 0 aromatic heterocycles. The first kappa shape index (κ1) is 15.3. The fourth-order valence-electron chi connectivity index (χ4n) is 2.05. The van der Waals surface area contributed by atoms with Crippen molar-refractivity contribution in [3.05, 3.63) is 27.1 Å². The average molecular weight is 408 g/mol. The molecule has 2 amide bonds. The number of rotatable bonds is 2. The number of halogens is 2. The Bertz CT molecular complexity index is 552. The number of anilines is 1. The Morgan fingerprint density at radius 1 is 1.35 bits per heavy atom. The van der Waals surface area contributed by atoms with Gasteiger partial charge in [0.15, 0.2) is 0 Å². The van der Waals surface area contributed by atoms with Crippen molar-refractivity contribution < 1.29 is 19.8 Å². The molecule has 2 atom stereocenters. The van der Waals surface area contributed by atoms with Gasteiger partial charge < -0.3 is 20.4 Å². The Morgan fingerprint density at radius 2 is 2.05 bits per heavy atom. The van der Waals surface area contributed by atoms with Crippen molar-refractivity contribution >= 4 is 49.5 Å². The highest BCUT2D eigenvalue weighted by Crippen LogP contribution is 2.27. The van der Waals surface area contributed by atoms with Crippen LogP contribution in [0.3, 0.4) is 0 Å². The molecule has 1 unspecified atom stereocenters. The molecular weight excluding hydrogens is 396 g/mol. The van der Waals surface area contributed by atoms with Crippen molar-refractivity contribution in [1.29, 1.82) is 0 Å². The molecule has 2 rings (SSSR count). The average Bonchev–Trinajstić information content (AvgIpc) is 2.76. The molecule has 0 radical (unpaired) electrons. The monoisotopic (exact) mass is 406 g/mol. The number of β-amino-alcohol motifs (C(OH)–C–C–N with tert-alkyl or cyclic N) is 1. The van der Waals surface area contributed by atoms with Crippen molar-refractivity contribution in [3.63, 3.8) is 0 Å². The minimum Gasteiger partial charge on any atom is -0.480 e. The topological polar surface area (TPSA) is 89.9 Å². The number of aliphatic hydroxyl groups excluding tert-OH is 1. The molecule has 20 heavy (non-hydrogen) atoms. The lowest BCUT2D eigenvalue weighted by atomic mass is 10.2. The van der Waals surface area contributed by atoms with Gasteiger partial charge in [-0.15, -0.1) is 0 Å². The molecule has 0 aliphatic carbocycles. The minimum absolute atomic E-state index is 0.00836. The highest BCUT2D eigenvalue weighted by atomic mass is 79.9. The fraction of sp³-hybridized carbons (Fsp3) is 0.333. The van der Waals surface area contributed by atoms with Crippen LogP contribution in [0.15, 0.2) is 27.1 Å². The van der Waals surface area contributed by atoms with Crippen LogP contribution in [-0.2, 0) is 4.79 Å². The number of hydrogen-bond donors (Lipinski definition) is 3. The van der Waals surface area contributed by atoms with Gasteiger partial charge in [-0.25, -0.2) is 9.59 Å². The van der Waals surface area contributed by atoms with Gasteiger partial charge in [-0.3, -0.25) is 0 Å². The molecule has 108 valence electrons. The van der Waals surface area contributed by atoms with E-state index in [2.05, 4.69) is 37.2 Å². The Kier molecular flexibility index (Phi) is 4.66. The lowest BCUT2D eigenvalue weighted by Gasteiger charge is -2.22. The quantitative estimate of drug-likeness (QED) is 0.701. The Balaban J connectivity index is 2.15. The maximum Gasteiger partial charge on any atom is 0.326 e. The van der Waals surface area contributed by atoms with Crippen molar-refractivity contribution in [2.45, 2.75) is 18.6 Å². The number of carbonyl (C=O) groups is 2. The predicted octanol–water partition coefficient (Wildman–Crippen LogP) is 2.26. The van der Waals surface area contributed by atoms with Crippen LogP contribution >= 0.6 is 31.9 Å². The van der Waals surface area contributed by atoms with Gasteiger partial charge in [-0.05, 0) is 34.1 Å². The van der Waals surface area contributed by atoms with Crippen LogP contribution < -0.4 is 5.32 Å². The van der Waals surface area contributed by atoms with E-state index in [1.807, 2.05) is 0 Å². The summed E-state index contributed by atoms with van der Waals surface area (Å²) in [6, 6.07) is 3.71. The highest BCUT2D eigenvalue weighted by molar-refractivity contribution is 9.11. The zero-order valence-corrected chi connectivity index (χ0v) is 13.4. The number of aliphatic carboxylic acids is 1. The largest absolute Gasteiger partial charge is 0.480 e. The van der Waals surface area contributed by atoms with Crippen LogP contribution in [0.25, 0.3) is 0 Å². The third-order valence-electron chi connectivity index (χ3n) is 2.99. The van der Waals surface area contributed by atoms with Gasteiger partial charge in [0.1, 0.15) is 6.04 Å². The van der Waals surface area contributed by atoms with E-state index >= 15 is 0 Å². The van der Waals surface area contributed by atoms with E-state index in [1.165, 1.54) is 0 Å². The van der Waals surface area contributed by atoms with Crippen molar-refractivity contribution in [3.8, 4) is 0 Å². The predicted molar refractivity (Wildman–Crippen MR) is 79.6 cm³/mol. The molecule has 6 nitrogen and oxygen atoms in total. The molecule has 1 aliphatic rings. The molecule has 1 aromatic rings. The summed E-state index contributed by atoms with van der Waals surface area (Å²) in [6.07, 6.45) is -0.768. The summed E-state index contributed by atoms with van der Waals surface area (Å²) in [6.45, 7) is 0.00836. The van der Waals surface area contributed by atoms with E-state index in [0.29, 0.717) is 10.2 Å². The number of carboxylic acid groups (broad SMARTS) is 1. The normalized spacial score (nSPS) is 21.9. The second-order valence-electron chi connectivity index (χ2n) is 4.45. The standard InChI is InChI=1S/C12H12Br2N2O4/c13-6-1-2-8(14)9(3-6)15-12(20)16-5-7(17)4-10(16)11(18)19/h1-3,7,10,17H,4-5H2,(H,15,20)(H,18,19)/t7?,10-/m0/s1. The number of benzene rings is 1. The van der Waals surface area contributed by atoms with Crippen molar-refractivity contribution in [2.24, 2.45) is 0 Å².